The van der Waals surface area contributed by atoms with Crippen molar-refractivity contribution >= 4 is 37.6 Å². The van der Waals surface area contributed by atoms with Crippen molar-refractivity contribution in [1.82, 2.24) is 19.7 Å². The highest BCUT2D eigenvalue weighted by Crippen LogP contribution is 2.46. The number of carboxylic acid groups (broad SMARTS) is 1. The number of alkyl halides is 3. The Morgan fingerprint density at radius 1 is 1.18 bits per heavy atom. The molecular formula is C24H20F4N4O6S2. The minimum atomic E-state index is -6.08. The summed E-state index contributed by atoms with van der Waals surface area (Å²) in [6.45, 7) is 3.79. The maximum atomic E-state index is 14.3. The monoisotopic (exact) mass is 600 g/mol. The largest absolute Gasteiger partial charge is 0.534 e. The lowest BCUT2D eigenvalue weighted by atomic mass is 9.99. The number of aromatic nitrogens is 3. The third-order valence-electron chi connectivity index (χ3n) is 5.93. The number of benzene rings is 1. The highest BCUT2D eigenvalue weighted by molar-refractivity contribution is 7.88. The number of hydrogen-bond acceptors (Lipinski definition) is 8. The molecule has 0 unspecified atom stereocenters. The maximum absolute atomic E-state index is 14.3. The summed E-state index contributed by atoms with van der Waals surface area (Å²) in [6, 6.07) is 6.61. The van der Waals surface area contributed by atoms with Gasteiger partial charge in [-0.1, -0.05) is 0 Å². The molecule has 1 aliphatic rings. The molecule has 16 heteroatoms. The molecule has 0 fully saturated rings. The van der Waals surface area contributed by atoms with E-state index in [2.05, 4.69) is 14.3 Å². The third kappa shape index (κ3) is 5.03. The van der Waals surface area contributed by atoms with Crippen LogP contribution in [0.4, 0.5) is 22.4 Å². The molecule has 0 saturated heterocycles. The summed E-state index contributed by atoms with van der Waals surface area (Å²) in [5.41, 5.74) is -4.56. The van der Waals surface area contributed by atoms with Crippen LogP contribution in [-0.2, 0) is 23.2 Å². The second-order valence-corrected chi connectivity index (χ2v) is 11.5. The van der Waals surface area contributed by atoms with E-state index < -0.39 is 33.4 Å². The van der Waals surface area contributed by atoms with Gasteiger partial charge in [-0.05, 0) is 43.5 Å². The fourth-order valence-corrected chi connectivity index (χ4v) is 5.62. The van der Waals surface area contributed by atoms with Gasteiger partial charge in [-0.25, -0.2) is 14.2 Å². The van der Waals surface area contributed by atoms with Gasteiger partial charge in [0.15, 0.2) is 0 Å². The smallest absolute Gasteiger partial charge is 0.490 e. The van der Waals surface area contributed by atoms with Crippen molar-refractivity contribution in [1.29, 1.82) is 0 Å². The minimum Gasteiger partial charge on any atom is -0.490 e. The average Bonchev–Trinajstić information content (AvgIpc) is 3.50. The van der Waals surface area contributed by atoms with Crippen LogP contribution in [-0.4, -0.2) is 57.4 Å². The number of nitrogens with zero attached hydrogens (tertiary/aromatic N) is 4. The molecule has 10 nitrogen and oxygen atoms in total. The van der Waals surface area contributed by atoms with Crippen molar-refractivity contribution in [2.45, 2.75) is 38.5 Å². The first-order valence-electron chi connectivity index (χ1n) is 11.7. The van der Waals surface area contributed by atoms with E-state index in [4.69, 9.17) is 4.74 Å². The SMILES string of the molecule is CC(C)Oc1cc(F)ccc1-c1c(-c2cc3n(n2)CCN(C(=O)O)C3)nc(OS(=O)(=O)C(F)(F)F)c2ccsc12. The maximum Gasteiger partial charge on any atom is 0.534 e. The van der Waals surface area contributed by atoms with Gasteiger partial charge in [-0.3, -0.25) is 4.68 Å². The van der Waals surface area contributed by atoms with Gasteiger partial charge in [0.2, 0.25) is 5.88 Å². The van der Waals surface area contributed by atoms with Crippen LogP contribution in [0, 0.1) is 5.82 Å². The van der Waals surface area contributed by atoms with E-state index in [-0.39, 0.29) is 53.0 Å². The molecule has 4 heterocycles. The summed E-state index contributed by atoms with van der Waals surface area (Å²) < 4.78 is 89.9. The molecule has 4 aromatic rings. The number of amides is 1. The Kier molecular flexibility index (Phi) is 6.86. The van der Waals surface area contributed by atoms with Crippen LogP contribution >= 0.6 is 11.3 Å². The summed E-state index contributed by atoms with van der Waals surface area (Å²) in [4.78, 5) is 16.9. The molecule has 0 saturated carbocycles. The lowest BCUT2D eigenvalue weighted by molar-refractivity contribution is -0.0500. The number of fused-ring (bicyclic) bond motifs is 2. The second-order valence-electron chi connectivity index (χ2n) is 9.04. The number of halogens is 4. The zero-order valence-electron chi connectivity index (χ0n) is 20.8. The first-order valence-corrected chi connectivity index (χ1v) is 14.0. The zero-order valence-corrected chi connectivity index (χ0v) is 22.4. The van der Waals surface area contributed by atoms with E-state index in [0.29, 0.717) is 16.8 Å². The van der Waals surface area contributed by atoms with Gasteiger partial charge in [0.25, 0.3) is 0 Å². The molecule has 3 aromatic heterocycles. The van der Waals surface area contributed by atoms with Crippen molar-refractivity contribution in [3.63, 3.8) is 0 Å². The first-order chi connectivity index (χ1) is 18.7. The number of hydrogen-bond donors (Lipinski definition) is 1. The van der Waals surface area contributed by atoms with Gasteiger partial charge in [-0.2, -0.15) is 26.7 Å². The van der Waals surface area contributed by atoms with E-state index in [9.17, 15) is 35.9 Å². The van der Waals surface area contributed by atoms with Crippen molar-refractivity contribution in [3.8, 4) is 34.1 Å². The van der Waals surface area contributed by atoms with Crippen molar-refractivity contribution in [2.75, 3.05) is 6.54 Å². The number of thiophene rings is 1. The van der Waals surface area contributed by atoms with Crippen molar-refractivity contribution in [3.05, 3.63) is 47.2 Å². The molecule has 0 radical (unpaired) electrons. The molecule has 212 valence electrons. The average molecular weight is 601 g/mol. The Bertz CT molecular complexity index is 1730. The lowest BCUT2D eigenvalue weighted by Gasteiger charge is -2.24. The number of ether oxygens (including phenoxy) is 1. The van der Waals surface area contributed by atoms with Crippen molar-refractivity contribution in [2.24, 2.45) is 0 Å². The van der Waals surface area contributed by atoms with Gasteiger partial charge < -0.3 is 18.9 Å². The van der Waals surface area contributed by atoms with Gasteiger partial charge in [0.05, 0.1) is 30.3 Å². The lowest BCUT2D eigenvalue weighted by Crippen LogP contribution is -2.37. The molecule has 0 aliphatic carbocycles. The van der Waals surface area contributed by atoms with Gasteiger partial charge in [-0.15, -0.1) is 11.3 Å². The van der Waals surface area contributed by atoms with Gasteiger partial charge in [0, 0.05) is 28.4 Å². The van der Waals surface area contributed by atoms with Crippen LogP contribution in [0.5, 0.6) is 11.6 Å². The third-order valence-corrected chi connectivity index (χ3v) is 7.81. The Morgan fingerprint density at radius 2 is 1.93 bits per heavy atom. The standard InChI is InChI=1S/C24H20F4N4O6S2/c1-12(2)37-18-9-13(25)3-4-15(18)19-20(17-10-14-11-31(23(33)34)6-7-32(14)30-17)29-22(16-5-8-39-21(16)19)38-40(35,36)24(26,27)28/h3-5,8-10,12H,6-7,11H2,1-2H3,(H,33,34). The highest BCUT2D eigenvalue weighted by Gasteiger charge is 2.49. The van der Waals surface area contributed by atoms with E-state index in [1.807, 2.05) is 0 Å². The molecule has 1 N–H and O–H groups in total. The predicted molar refractivity (Wildman–Crippen MR) is 136 cm³/mol. The van der Waals surface area contributed by atoms with Crippen LogP contribution in [0.1, 0.15) is 19.5 Å². The topological polar surface area (TPSA) is 124 Å². The fraction of sp³-hybridized carbons (Fsp3) is 0.292. The first kappa shape index (κ1) is 27.6. The molecule has 1 amide bonds. The van der Waals surface area contributed by atoms with E-state index in [1.54, 1.807) is 13.8 Å². The summed E-state index contributed by atoms with van der Waals surface area (Å²) in [7, 11) is -6.08. The Labute approximate surface area is 228 Å². The van der Waals surface area contributed by atoms with Crippen LogP contribution in [0.25, 0.3) is 32.6 Å². The molecular weight excluding hydrogens is 580 g/mol. The molecule has 40 heavy (non-hydrogen) atoms. The highest BCUT2D eigenvalue weighted by atomic mass is 32.2. The fourth-order valence-electron chi connectivity index (χ4n) is 4.25. The normalized spacial score (nSPS) is 14.0. The molecule has 0 spiro atoms. The number of carbonyl (C=O) groups is 1. The zero-order chi connectivity index (χ0) is 29.0. The van der Waals surface area contributed by atoms with E-state index in [0.717, 1.165) is 22.3 Å². The second kappa shape index (κ2) is 9.92. The minimum absolute atomic E-state index is 0.0109. The molecule has 5 rings (SSSR count). The van der Waals surface area contributed by atoms with Gasteiger partial charge >= 0.3 is 21.7 Å². The van der Waals surface area contributed by atoms with Gasteiger partial charge in [0.1, 0.15) is 23.0 Å². The molecule has 1 aromatic carbocycles. The number of pyridine rings is 1. The quantitative estimate of drug-likeness (QED) is 0.176. The summed E-state index contributed by atoms with van der Waals surface area (Å²) in [5, 5.41) is 15.4. The predicted octanol–water partition coefficient (Wildman–Crippen LogP) is 5.48. The van der Waals surface area contributed by atoms with E-state index in [1.165, 1.54) is 34.3 Å². The van der Waals surface area contributed by atoms with E-state index >= 15 is 0 Å². The molecule has 1 aliphatic heterocycles. The van der Waals surface area contributed by atoms with Crippen LogP contribution in [0.3, 0.4) is 0 Å². The number of rotatable bonds is 6. The summed E-state index contributed by atoms with van der Waals surface area (Å²) in [6.07, 6.45) is -1.51. The molecule has 0 atom stereocenters. The Balaban J connectivity index is 1.79. The van der Waals surface area contributed by atoms with Crippen LogP contribution < -0.4 is 8.92 Å². The van der Waals surface area contributed by atoms with Crippen LogP contribution in [0.2, 0.25) is 0 Å². The Morgan fingerprint density at radius 3 is 2.60 bits per heavy atom. The summed E-state index contributed by atoms with van der Waals surface area (Å²) >= 11 is 1.07. The Hall–Kier alpha value is -3.92. The van der Waals surface area contributed by atoms with Crippen LogP contribution in [0.15, 0.2) is 35.7 Å². The van der Waals surface area contributed by atoms with Crippen molar-refractivity contribution < 1.29 is 44.8 Å². The summed E-state index contributed by atoms with van der Waals surface area (Å²) in [5.74, 6) is -1.30. The molecule has 0 bridgehead atoms.